The van der Waals surface area contributed by atoms with Gasteiger partial charge in [0.15, 0.2) is 0 Å². The highest BCUT2D eigenvalue weighted by Crippen LogP contribution is 2.34. The van der Waals surface area contributed by atoms with Gasteiger partial charge in [0.1, 0.15) is 5.75 Å². The van der Waals surface area contributed by atoms with Crippen molar-refractivity contribution in [2.24, 2.45) is 5.92 Å². The molecule has 0 radical (unpaired) electrons. The molecule has 1 aliphatic heterocycles. The molecule has 2 N–H and O–H groups in total. The molecule has 2 atom stereocenters. The Balaban J connectivity index is 2.33. The number of hydrogen-bond donors (Lipinski definition) is 2. The van der Waals surface area contributed by atoms with Crippen molar-refractivity contribution in [1.82, 2.24) is 0 Å². The van der Waals surface area contributed by atoms with Gasteiger partial charge in [0.25, 0.3) is 0 Å². The van der Waals surface area contributed by atoms with E-state index in [2.05, 4.69) is 0 Å². The van der Waals surface area contributed by atoms with Crippen LogP contribution in [0.25, 0.3) is 0 Å². The van der Waals surface area contributed by atoms with Crippen LogP contribution >= 0.6 is 0 Å². The third kappa shape index (κ3) is 1.41. The summed E-state index contributed by atoms with van der Waals surface area (Å²) < 4.78 is 5.38. The molecule has 1 aromatic carbocycles. The second-order valence-corrected chi connectivity index (χ2v) is 3.24. The Labute approximate surface area is 76.6 Å². The van der Waals surface area contributed by atoms with E-state index in [1.807, 2.05) is 24.3 Å². The van der Waals surface area contributed by atoms with E-state index in [-0.39, 0.29) is 12.5 Å². The summed E-state index contributed by atoms with van der Waals surface area (Å²) in [6.07, 6.45) is -0.602. The zero-order valence-electron chi connectivity index (χ0n) is 7.18. The summed E-state index contributed by atoms with van der Waals surface area (Å²) >= 11 is 0. The second kappa shape index (κ2) is 3.36. The summed E-state index contributed by atoms with van der Waals surface area (Å²) in [6.45, 7) is 0.337. The molecule has 0 spiro atoms. The molecular weight excluding hydrogens is 168 g/mol. The van der Waals surface area contributed by atoms with Gasteiger partial charge in [-0.1, -0.05) is 18.2 Å². The molecule has 0 saturated heterocycles. The molecule has 1 aromatic rings. The first-order valence-electron chi connectivity index (χ1n) is 4.33. The van der Waals surface area contributed by atoms with Crippen LogP contribution in [0.15, 0.2) is 24.3 Å². The minimum atomic E-state index is -0.602. The summed E-state index contributed by atoms with van der Waals surface area (Å²) in [5.74, 6) is 0.523. The van der Waals surface area contributed by atoms with E-state index in [0.717, 1.165) is 11.3 Å². The highest BCUT2D eigenvalue weighted by atomic mass is 16.5. The minimum absolute atomic E-state index is 0.0461. The van der Waals surface area contributed by atoms with Gasteiger partial charge in [0.2, 0.25) is 0 Å². The van der Waals surface area contributed by atoms with Crippen LogP contribution in [-0.4, -0.2) is 23.4 Å². The SMILES string of the molecule is OC[C@@H]1COc2ccccc2[C@@H]1O. The van der Waals surface area contributed by atoms with Gasteiger partial charge in [-0.15, -0.1) is 0 Å². The summed E-state index contributed by atoms with van der Waals surface area (Å²) in [5, 5.41) is 18.7. The predicted molar refractivity (Wildman–Crippen MR) is 47.5 cm³/mol. The fourth-order valence-electron chi connectivity index (χ4n) is 1.55. The Kier molecular flexibility index (Phi) is 2.20. The fraction of sp³-hybridized carbons (Fsp3) is 0.400. The van der Waals surface area contributed by atoms with Crippen LogP contribution in [0.3, 0.4) is 0 Å². The van der Waals surface area contributed by atoms with E-state index in [1.165, 1.54) is 0 Å². The highest BCUT2D eigenvalue weighted by molar-refractivity contribution is 5.36. The minimum Gasteiger partial charge on any atom is -0.493 e. The molecule has 1 heterocycles. The highest BCUT2D eigenvalue weighted by Gasteiger charge is 2.28. The van der Waals surface area contributed by atoms with Crippen LogP contribution < -0.4 is 4.74 Å². The number of hydrogen-bond acceptors (Lipinski definition) is 3. The van der Waals surface area contributed by atoms with Gasteiger partial charge in [-0.25, -0.2) is 0 Å². The van der Waals surface area contributed by atoms with E-state index in [1.54, 1.807) is 0 Å². The van der Waals surface area contributed by atoms with E-state index >= 15 is 0 Å². The van der Waals surface area contributed by atoms with Crippen molar-refractivity contribution in [3.05, 3.63) is 29.8 Å². The lowest BCUT2D eigenvalue weighted by Gasteiger charge is -2.28. The number of aliphatic hydroxyl groups is 2. The van der Waals surface area contributed by atoms with Gasteiger partial charge < -0.3 is 14.9 Å². The number of para-hydroxylation sites is 1. The first-order valence-corrected chi connectivity index (χ1v) is 4.33. The molecule has 0 aromatic heterocycles. The predicted octanol–water partition coefficient (Wildman–Crippen LogP) is 0.721. The molecule has 0 aliphatic carbocycles. The van der Waals surface area contributed by atoms with Crippen molar-refractivity contribution in [3.63, 3.8) is 0 Å². The molecule has 0 amide bonds. The monoisotopic (exact) mass is 180 g/mol. The lowest BCUT2D eigenvalue weighted by Crippen LogP contribution is -2.28. The van der Waals surface area contributed by atoms with Crippen LogP contribution in [0.1, 0.15) is 11.7 Å². The zero-order chi connectivity index (χ0) is 9.26. The average Bonchev–Trinajstić information content (AvgIpc) is 2.19. The summed E-state index contributed by atoms with van der Waals surface area (Å²) in [4.78, 5) is 0. The summed E-state index contributed by atoms with van der Waals surface area (Å²) in [5.41, 5.74) is 0.771. The van der Waals surface area contributed by atoms with Crippen molar-refractivity contribution >= 4 is 0 Å². The van der Waals surface area contributed by atoms with E-state index in [0.29, 0.717) is 6.61 Å². The van der Waals surface area contributed by atoms with Gasteiger partial charge in [0, 0.05) is 11.5 Å². The zero-order valence-corrected chi connectivity index (χ0v) is 7.18. The first kappa shape index (κ1) is 8.53. The van der Waals surface area contributed by atoms with Gasteiger partial charge in [-0.2, -0.15) is 0 Å². The molecule has 0 fully saturated rings. The number of aliphatic hydroxyl groups excluding tert-OH is 2. The lowest BCUT2D eigenvalue weighted by atomic mass is 9.94. The van der Waals surface area contributed by atoms with E-state index < -0.39 is 6.10 Å². The van der Waals surface area contributed by atoms with Gasteiger partial charge in [-0.05, 0) is 6.07 Å². The molecule has 0 saturated carbocycles. The largest absolute Gasteiger partial charge is 0.493 e. The average molecular weight is 180 g/mol. The van der Waals surface area contributed by atoms with Crippen LogP contribution in [0.4, 0.5) is 0 Å². The number of fused-ring (bicyclic) bond motifs is 1. The number of rotatable bonds is 1. The molecule has 13 heavy (non-hydrogen) atoms. The second-order valence-electron chi connectivity index (χ2n) is 3.24. The quantitative estimate of drug-likeness (QED) is 0.669. The Bertz CT molecular complexity index is 298. The van der Waals surface area contributed by atoms with Crippen molar-refractivity contribution in [2.75, 3.05) is 13.2 Å². The molecule has 70 valence electrons. The van der Waals surface area contributed by atoms with E-state index in [9.17, 15) is 5.11 Å². The summed E-state index contributed by atoms with van der Waals surface area (Å²) in [7, 11) is 0. The Morgan fingerprint density at radius 1 is 1.38 bits per heavy atom. The Morgan fingerprint density at radius 3 is 2.92 bits per heavy atom. The molecule has 0 bridgehead atoms. The van der Waals surface area contributed by atoms with Gasteiger partial charge in [-0.3, -0.25) is 0 Å². The van der Waals surface area contributed by atoms with Crippen LogP contribution in [-0.2, 0) is 0 Å². The maximum Gasteiger partial charge on any atom is 0.125 e. The molecule has 2 rings (SSSR count). The Morgan fingerprint density at radius 2 is 2.15 bits per heavy atom. The molecular formula is C10H12O3. The van der Waals surface area contributed by atoms with Gasteiger partial charge >= 0.3 is 0 Å². The van der Waals surface area contributed by atoms with Crippen molar-refractivity contribution in [1.29, 1.82) is 0 Å². The third-order valence-corrected chi connectivity index (χ3v) is 2.37. The normalized spacial score (nSPS) is 26.3. The van der Waals surface area contributed by atoms with Crippen LogP contribution in [0.2, 0.25) is 0 Å². The van der Waals surface area contributed by atoms with Crippen LogP contribution in [0, 0.1) is 5.92 Å². The molecule has 3 heteroatoms. The molecule has 0 unspecified atom stereocenters. The lowest BCUT2D eigenvalue weighted by molar-refractivity contribution is 0.0184. The maximum atomic E-state index is 9.78. The molecule has 3 nitrogen and oxygen atoms in total. The topological polar surface area (TPSA) is 49.7 Å². The molecule has 1 aliphatic rings. The third-order valence-electron chi connectivity index (χ3n) is 2.37. The smallest absolute Gasteiger partial charge is 0.125 e. The summed E-state index contributed by atoms with van der Waals surface area (Å²) in [6, 6.07) is 7.37. The number of ether oxygens (including phenoxy) is 1. The first-order chi connectivity index (χ1) is 6.33. The Hall–Kier alpha value is -1.06. The fourth-order valence-corrected chi connectivity index (χ4v) is 1.55. The van der Waals surface area contributed by atoms with Crippen molar-refractivity contribution < 1.29 is 14.9 Å². The van der Waals surface area contributed by atoms with Crippen molar-refractivity contribution in [3.8, 4) is 5.75 Å². The number of benzene rings is 1. The van der Waals surface area contributed by atoms with Gasteiger partial charge in [0.05, 0.1) is 19.3 Å². The van der Waals surface area contributed by atoms with Crippen LogP contribution in [0.5, 0.6) is 5.75 Å². The standard InChI is InChI=1S/C10H12O3/c11-5-7-6-13-9-4-2-1-3-8(9)10(7)12/h1-4,7,10-12H,5-6H2/t7-,10-/m1/s1. The van der Waals surface area contributed by atoms with E-state index in [4.69, 9.17) is 9.84 Å². The maximum absolute atomic E-state index is 9.78. The van der Waals surface area contributed by atoms with Crippen molar-refractivity contribution in [2.45, 2.75) is 6.10 Å².